The summed E-state index contributed by atoms with van der Waals surface area (Å²) in [7, 11) is 0. The van der Waals surface area contributed by atoms with Gasteiger partial charge in [-0.25, -0.2) is 4.79 Å². The van der Waals surface area contributed by atoms with E-state index in [1.54, 1.807) is 6.92 Å². The van der Waals surface area contributed by atoms with Gasteiger partial charge in [-0.1, -0.05) is 39.7 Å². The molecule has 43 heavy (non-hydrogen) atoms. The maximum atomic E-state index is 13.9. The molecule has 8 atom stereocenters. The first-order valence-electron chi connectivity index (χ1n) is 15.8. The van der Waals surface area contributed by atoms with Crippen LogP contribution in [0.25, 0.3) is 0 Å². The summed E-state index contributed by atoms with van der Waals surface area (Å²) in [5.41, 5.74) is -0.799. The number of carbonyl (C=O) groups is 6. The number of allylic oxidation sites excluding steroid dienone is 1. The van der Waals surface area contributed by atoms with Gasteiger partial charge in [-0.15, -0.1) is 0 Å². The van der Waals surface area contributed by atoms with Gasteiger partial charge < -0.3 is 19.9 Å². The first-order chi connectivity index (χ1) is 20.2. The molecule has 10 nitrogen and oxygen atoms in total. The smallest absolute Gasteiger partial charge is 0.326 e. The van der Waals surface area contributed by atoms with Crippen molar-refractivity contribution in [2.24, 2.45) is 34.5 Å². The van der Waals surface area contributed by atoms with Crippen molar-refractivity contribution in [2.75, 3.05) is 6.61 Å². The summed E-state index contributed by atoms with van der Waals surface area (Å²) in [6, 6.07) is -1.06. The first-order valence-corrected chi connectivity index (χ1v) is 15.8. The Morgan fingerprint density at radius 1 is 1.02 bits per heavy atom. The van der Waals surface area contributed by atoms with Crippen LogP contribution in [0.5, 0.6) is 0 Å². The third-order valence-corrected chi connectivity index (χ3v) is 11.6. The zero-order valence-corrected chi connectivity index (χ0v) is 26.2. The van der Waals surface area contributed by atoms with Crippen LogP contribution in [0.1, 0.15) is 105 Å². The lowest BCUT2D eigenvalue weighted by molar-refractivity contribution is -0.191. The third kappa shape index (κ3) is 6.03. The van der Waals surface area contributed by atoms with E-state index in [0.717, 1.165) is 32.1 Å². The van der Waals surface area contributed by atoms with Crippen molar-refractivity contribution < 1.29 is 43.3 Å². The van der Waals surface area contributed by atoms with Gasteiger partial charge in [0.15, 0.2) is 18.0 Å². The molecule has 0 radical (unpaired) electrons. The van der Waals surface area contributed by atoms with Crippen LogP contribution in [0.2, 0.25) is 0 Å². The number of fused-ring (bicyclic) bond motifs is 5. The standard InChI is InChI=1S/C33H47NO9/c1-6-19(2)29(30(40)41)34-27(38)9-10-28(39)42-18-26(37)33(43-20(3)35)16-13-25-23-8-7-21-17-22(36)11-14-31(21,4)24(23)12-15-32(25,33)5/h17,19,23-25,29H,6-16,18H2,1-5H3,(H,34,38)(H,40,41)/t19-,23-,24+,25+,29+,31+,32+,33+/m1/s1. The van der Waals surface area contributed by atoms with Gasteiger partial charge in [-0.3, -0.25) is 24.0 Å². The van der Waals surface area contributed by atoms with E-state index < -0.39 is 53.3 Å². The molecule has 4 aliphatic rings. The largest absolute Gasteiger partial charge is 0.480 e. The van der Waals surface area contributed by atoms with Gasteiger partial charge in [0.1, 0.15) is 6.04 Å². The van der Waals surface area contributed by atoms with Crippen LogP contribution in [0, 0.1) is 34.5 Å². The molecule has 0 bridgehead atoms. The lowest BCUT2D eigenvalue weighted by Gasteiger charge is -2.59. The molecule has 1 amide bonds. The Morgan fingerprint density at radius 3 is 2.37 bits per heavy atom. The predicted octanol–water partition coefficient (Wildman–Crippen LogP) is 4.33. The highest BCUT2D eigenvalue weighted by atomic mass is 16.6. The van der Waals surface area contributed by atoms with Crippen LogP contribution in [0.15, 0.2) is 11.6 Å². The highest BCUT2D eigenvalue weighted by molar-refractivity contribution is 5.94. The highest BCUT2D eigenvalue weighted by Crippen LogP contribution is 2.68. The second-order valence-electron chi connectivity index (χ2n) is 13.7. The lowest BCUT2D eigenvalue weighted by Crippen LogP contribution is -2.59. The van der Waals surface area contributed by atoms with Crippen molar-refractivity contribution >= 4 is 35.4 Å². The van der Waals surface area contributed by atoms with Gasteiger partial charge in [-0.2, -0.15) is 0 Å². The average Bonchev–Trinajstić information content (AvgIpc) is 3.25. The van der Waals surface area contributed by atoms with Crippen molar-refractivity contribution in [3.8, 4) is 0 Å². The fourth-order valence-corrected chi connectivity index (χ4v) is 8.96. The number of carbonyl (C=O) groups excluding carboxylic acids is 5. The van der Waals surface area contributed by atoms with Crippen LogP contribution in [0.4, 0.5) is 0 Å². The summed E-state index contributed by atoms with van der Waals surface area (Å²) < 4.78 is 11.2. The van der Waals surface area contributed by atoms with Crippen molar-refractivity contribution in [2.45, 2.75) is 117 Å². The normalized spacial score (nSPS) is 34.4. The molecule has 4 aliphatic carbocycles. The number of esters is 2. The molecule has 10 heteroatoms. The molecule has 0 aromatic rings. The summed E-state index contributed by atoms with van der Waals surface area (Å²) in [4.78, 5) is 74.8. The molecule has 3 saturated carbocycles. The fraction of sp³-hybridized carbons (Fsp3) is 0.758. The van der Waals surface area contributed by atoms with Crippen molar-refractivity contribution in [3.05, 3.63) is 11.6 Å². The van der Waals surface area contributed by atoms with E-state index in [1.807, 2.05) is 19.9 Å². The zero-order chi connectivity index (χ0) is 31.7. The molecule has 4 rings (SSSR count). The number of nitrogens with one attached hydrogen (secondary N) is 1. The van der Waals surface area contributed by atoms with Crippen molar-refractivity contribution in [3.63, 3.8) is 0 Å². The van der Waals surface area contributed by atoms with Gasteiger partial charge in [0.2, 0.25) is 11.7 Å². The molecule has 3 fully saturated rings. The molecule has 0 heterocycles. The quantitative estimate of drug-likeness (QED) is 0.330. The summed E-state index contributed by atoms with van der Waals surface area (Å²) in [6.45, 7) is 8.60. The Bertz CT molecular complexity index is 1210. The zero-order valence-electron chi connectivity index (χ0n) is 26.2. The molecule has 0 spiro atoms. The number of hydrogen-bond donors (Lipinski definition) is 2. The van der Waals surface area contributed by atoms with Crippen LogP contribution < -0.4 is 5.32 Å². The number of carboxylic acid groups (broad SMARTS) is 1. The summed E-state index contributed by atoms with van der Waals surface area (Å²) in [5, 5.41) is 11.8. The highest BCUT2D eigenvalue weighted by Gasteiger charge is 2.68. The number of aliphatic carboxylic acids is 1. The summed E-state index contributed by atoms with van der Waals surface area (Å²) >= 11 is 0. The molecule has 238 valence electrons. The maximum Gasteiger partial charge on any atom is 0.326 e. The van der Waals surface area contributed by atoms with Gasteiger partial charge in [-0.05, 0) is 80.1 Å². The predicted molar refractivity (Wildman–Crippen MR) is 155 cm³/mol. The summed E-state index contributed by atoms with van der Waals surface area (Å²) in [5.74, 6) is -2.68. The Balaban J connectivity index is 1.42. The third-order valence-electron chi connectivity index (χ3n) is 11.6. The molecule has 2 N–H and O–H groups in total. The van der Waals surface area contributed by atoms with Gasteiger partial charge in [0.25, 0.3) is 0 Å². The molecule has 0 saturated heterocycles. The van der Waals surface area contributed by atoms with Gasteiger partial charge >= 0.3 is 17.9 Å². The van der Waals surface area contributed by atoms with E-state index >= 15 is 0 Å². The molecule has 0 aromatic carbocycles. The van der Waals surface area contributed by atoms with Crippen molar-refractivity contribution in [1.29, 1.82) is 0 Å². The Kier molecular flexibility index (Phi) is 9.57. The average molecular weight is 602 g/mol. The first kappa shape index (κ1) is 32.9. The fourth-order valence-electron chi connectivity index (χ4n) is 8.96. The van der Waals surface area contributed by atoms with Crippen LogP contribution >= 0.6 is 0 Å². The number of Topliss-reactive ketones (excluding diaryl/α,β-unsaturated/α-hetero) is 1. The molecule has 0 unspecified atom stereocenters. The van der Waals surface area contributed by atoms with Crippen LogP contribution in [-0.4, -0.2) is 58.7 Å². The lowest BCUT2D eigenvalue weighted by atomic mass is 9.46. The monoisotopic (exact) mass is 601 g/mol. The molecular formula is C33H47NO9. The Labute approximate surface area is 253 Å². The minimum absolute atomic E-state index is 0.0320. The number of carboxylic acids is 1. The second kappa shape index (κ2) is 12.5. The SMILES string of the molecule is CC[C@@H](C)[C@H](NC(=O)CCC(=O)OCC(=O)[C@@]1(OC(C)=O)CC[C@H]2[C@@H]3CCC4=CC(=O)CC[C@]4(C)[C@H]3CC[C@@]21C)C(=O)O. The van der Waals surface area contributed by atoms with E-state index in [-0.39, 0.29) is 35.9 Å². The topological polar surface area (TPSA) is 153 Å². The summed E-state index contributed by atoms with van der Waals surface area (Å²) in [6.07, 6.45) is 7.67. The molecule has 0 aromatic heterocycles. The number of amides is 1. The van der Waals surface area contributed by atoms with E-state index in [9.17, 15) is 33.9 Å². The van der Waals surface area contributed by atoms with Gasteiger partial charge in [0.05, 0.1) is 6.42 Å². The van der Waals surface area contributed by atoms with Crippen LogP contribution in [-0.2, 0) is 38.2 Å². The van der Waals surface area contributed by atoms with E-state index in [0.29, 0.717) is 37.5 Å². The number of rotatable bonds is 11. The number of ether oxygens (including phenoxy) is 2. The van der Waals surface area contributed by atoms with E-state index in [4.69, 9.17) is 9.47 Å². The van der Waals surface area contributed by atoms with E-state index in [2.05, 4.69) is 12.2 Å². The van der Waals surface area contributed by atoms with Crippen molar-refractivity contribution in [1.82, 2.24) is 5.32 Å². The molecule has 0 aliphatic heterocycles. The minimum Gasteiger partial charge on any atom is -0.480 e. The minimum atomic E-state index is -1.41. The second-order valence-corrected chi connectivity index (χ2v) is 13.7. The van der Waals surface area contributed by atoms with Gasteiger partial charge in [0, 0.05) is 25.2 Å². The maximum absolute atomic E-state index is 13.9. The van der Waals surface area contributed by atoms with Crippen LogP contribution in [0.3, 0.4) is 0 Å². The Hall–Kier alpha value is -3.04. The molecular weight excluding hydrogens is 554 g/mol. The van der Waals surface area contributed by atoms with E-state index in [1.165, 1.54) is 12.5 Å². The number of hydrogen-bond acceptors (Lipinski definition) is 8. The Morgan fingerprint density at radius 2 is 1.72 bits per heavy atom. The number of ketones is 2.